The first kappa shape index (κ1) is 12.9. The standard InChI is InChI=1S/C15H12ClNO3/c1-15(2)19-11-5-3-4-10(13(11)14(18)20-15)9-6-7-17-12(16)8-9/h3-8H,1-2H3. The largest absolute Gasteiger partial charge is 0.452 e. The Morgan fingerprint density at radius 3 is 2.75 bits per heavy atom. The lowest BCUT2D eigenvalue weighted by atomic mass is 9.99. The van der Waals surface area contributed by atoms with Gasteiger partial charge in [0, 0.05) is 25.6 Å². The molecule has 0 N–H and O–H groups in total. The van der Waals surface area contributed by atoms with Gasteiger partial charge in [0.05, 0.1) is 0 Å². The second-order valence-corrected chi connectivity index (χ2v) is 5.32. The quantitative estimate of drug-likeness (QED) is 0.593. The summed E-state index contributed by atoms with van der Waals surface area (Å²) < 4.78 is 11.0. The first-order valence-electron chi connectivity index (χ1n) is 6.13. The van der Waals surface area contributed by atoms with Gasteiger partial charge in [0.25, 0.3) is 0 Å². The van der Waals surface area contributed by atoms with Crippen molar-refractivity contribution in [3.05, 3.63) is 47.2 Å². The maximum Gasteiger partial charge on any atom is 0.345 e. The molecule has 1 aromatic carbocycles. The van der Waals surface area contributed by atoms with Crippen LogP contribution in [0.25, 0.3) is 11.1 Å². The van der Waals surface area contributed by atoms with Gasteiger partial charge in [-0.3, -0.25) is 0 Å². The molecule has 0 saturated heterocycles. The predicted molar refractivity (Wildman–Crippen MR) is 74.8 cm³/mol. The van der Waals surface area contributed by atoms with Gasteiger partial charge in [-0.2, -0.15) is 0 Å². The van der Waals surface area contributed by atoms with E-state index in [-0.39, 0.29) is 0 Å². The fraction of sp³-hybridized carbons (Fsp3) is 0.200. The number of carbonyl (C=O) groups excluding carboxylic acids is 1. The molecule has 1 aliphatic heterocycles. The van der Waals surface area contributed by atoms with Crippen LogP contribution in [0.5, 0.6) is 5.75 Å². The van der Waals surface area contributed by atoms with Crippen molar-refractivity contribution in [2.45, 2.75) is 19.6 Å². The van der Waals surface area contributed by atoms with Crippen LogP contribution < -0.4 is 4.74 Å². The molecule has 5 heteroatoms. The first-order chi connectivity index (χ1) is 9.46. The lowest BCUT2D eigenvalue weighted by Crippen LogP contribution is -2.39. The lowest BCUT2D eigenvalue weighted by Gasteiger charge is -2.32. The zero-order chi connectivity index (χ0) is 14.3. The summed E-state index contributed by atoms with van der Waals surface area (Å²) in [7, 11) is 0. The van der Waals surface area contributed by atoms with Crippen molar-refractivity contribution in [2.24, 2.45) is 0 Å². The predicted octanol–water partition coefficient (Wildman–Crippen LogP) is 3.69. The van der Waals surface area contributed by atoms with Crippen LogP contribution in [0.15, 0.2) is 36.5 Å². The number of aromatic nitrogens is 1. The van der Waals surface area contributed by atoms with Crippen molar-refractivity contribution in [2.75, 3.05) is 0 Å². The van der Waals surface area contributed by atoms with Gasteiger partial charge in [-0.05, 0) is 23.8 Å². The fourth-order valence-corrected chi connectivity index (χ4v) is 2.37. The van der Waals surface area contributed by atoms with Gasteiger partial charge in [-0.1, -0.05) is 23.7 Å². The number of halogens is 1. The number of ether oxygens (including phenoxy) is 2. The molecule has 1 aromatic heterocycles. The molecular weight excluding hydrogens is 278 g/mol. The van der Waals surface area contributed by atoms with E-state index in [4.69, 9.17) is 21.1 Å². The smallest absolute Gasteiger partial charge is 0.345 e. The summed E-state index contributed by atoms with van der Waals surface area (Å²) >= 11 is 5.90. The molecule has 0 fully saturated rings. The summed E-state index contributed by atoms with van der Waals surface area (Å²) in [5, 5.41) is 0.366. The number of hydrogen-bond donors (Lipinski definition) is 0. The van der Waals surface area contributed by atoms with Gasteiger partial charge >= 0.3 is 5.97 Å². The summed E-state index contributed by atoms with van der Waals surface area (Å²) in [4.78, 5) is 16.2. The summed E-state index contributed by atoms with van der Waals surface area (Å²) in [5.74, 6) is -0.852. The van der Waals surface area contributed by atoms with Crippen LogP contribution in [0.3, 0.4) is 0 Å². The summed E-state index contributed by atoms with van der Waals surface area (Å²) in [6.45, 7) is 3.40. The average molecular weight is 290 g/mol. The molecule has 102 valence electrons. The third-order valence-corrected chi connectivity index (χ3v) is 3.17. The molecule has 1 aliphatic rings. The highest BCUT2D eigenvalue weighted by atomic mass is 35.5. The minimum Gasteiger partial charge on any atom is -0.452 e. The van der Waals surface area contributed by atoms with E-state index < -0.39 is 11.8 Å². The molecule has 2 heterocycles. The average Bonchev–Trinajstić information content (AvgIpc) is 2.36. The minimum absolute atomic E-state index is 0.366. The number of hydrogen-bond acceptors (Lipinski definition) is 4. The van der Waals surface area contributed by atoms with Crippen molar-refractivity contribution in [1.82, 2.24) is 4.98 Å². The zero-order valence-electron chi connectivity index (χ0n) is 11.0. The van der Waals surface area contributed by atoms with Crippen molar-refractivity contribution < 1.29 is 14.3 Å². The van der Waals surface area contributed by atoms with Gasteiger partial charge in [0.15, 0.2) is 0 Å². The van der Waals surface area contributed by atoms with E-state index in [9.17, 15) is 4.79 Å². The summed E-state index contributed by atoms with van der Waals surface area (Å²) in [6, 6.07) is 8.90. The topological polar surface area (TPSA) is 48.4 Å². The maximum atomic E-state index is 12.2. The number of carbonyl (C=O) groups is 1. The minimum atomic E-state index is -0.960. The molecule has 0 amide bonds. The van der Waals surface area contributed by atoms with E-state index >= 15 is 0 Å². The number of esters is 1. The highest BCUT2D eigenvalue weighted by molar-refractivity contribution is 6.29. The van der Waals surface area contributed by atoms with E-state index in [0.717, 1.165) is 5.56 Å². The summed E-state index contributed by atoms with van der Waals surface area (Å²) in [5.41, 5.74) is 1.92. The highest BCUT2D eigenvalue weighted by Crippen LogP contribution is 2.37. The molecule has 0 aliphatic carbocycles. The Hall–Kier alpha value is -2.07. The van der Waals surface area contributed by atoms with Crippen LogP contribution in [0.2, 0.25) is 5.15 Å². The molecule has 0 bridgehead atoms. The number of fused-ring (bicyclic) bond motifs is 1. The number of pyridine rings is 1. The third kappa shape index (κ3) is 2.23. The Bertz CT molecular complexity index is 697. The number of rotatable bonds is 1. The van der Waals surface area contributed by atoms with E-state index in [1.54, 1.807) is 38.2 Å². The highest BCUT2D eigenvalue weighted by Gasteiger charge is 2.35. The van der Waals surface area contributed by atoms with Crippen LogP contribution in [0, 0.1) is 0 Å². The Morgan fingerprint density at radius 2 is 2.00 bits per heavy atom. The summed E-state index contributed by atoms with van der Waals surface area (Å²) in [6.07, 6.45) is 1.59. The molecule has 0 radical (unpaired) electrons. The van der Waals surface area contributed by atoms with Gasteiger partial charge < -0.3 is 9.47 Å². The van der Waals surface area contributed by atoms with Crippen LogP contribution in [-0.2, 0) is 4.74 Å². The SMILES string of the molecule is CC1(C)OC(=O)c2c(cccc2-c2ccnc(Cl)c2)O1. The van der Waals surface area contributed by atoms with Crippen LogP contribution in [0.1, 0.15) is 24.2 Å². The Labute approximate surface area is 121 Å². The molecule has 4 nitrogen and oxygen atoms in total. The van der Waals surface area contributed by atoms with Gasteiger partial charge in [-0.15, -0.1) is 0 Å². The second kappa shape index (κ2) is 4.49. The fourth-order valence-electron chi connectivity index (χ4n) is 2.20. The van der Waals surface area contributed by atoms with Gasteiger partial charge in [0.1, 0.15) is 16.5 Å². The molecule has 0 spiro atoms. The normalized spacial score (nSPS) is 16.1. The van der Waals surface area contributed by atoms with E-state index in [2.05, 4.69) is 4.98 Å². The van der Waals surface area contributed by atoms with E-state index in [0.29, 0.717) is 22.0 Å². The Morgan fingerprint density at radius 1 is 1.20 bits per heavy atom. The van der Waals surface area contributed by atoms with Crippen molar-refractivity contribution in [1.29, 1.82) is 0 Å². The van der Waals surface area contributed by atoms with Crippen molar-refractivity contribution >= 4 is 17.6 Å². The molecule has 2 aromatic rings. The monoisotopic (exact) mass is 289 g/mol. The second-order valence-electron chi connectivity index (χ2n) is 4.94. The Balaban J connectivity index is 2.18. The molecule has 0 unspecified atom stereocenters. The van der Waals surface area contributed by atoms with Crippen LogP contribution >= 0.6 is 11.6 Å². The Kier molecular flexibility index (Phi) is 2.91. The van der Waals surface area contributed by atoms with E-state index in [1.165, 1.54) is 0 Å². The van der Waals surface area contributed by atoms with Gasteiger partial charge in [0.2, 0.25) is 5.79 Å². The van der Waals surface area contributed by atoms with E-state index in [1.807, 2.05) is 12.1 Å². The van der Waals surface area contributed by atoms with Crippen molar-refractivity contribution in [3.8, 4) is 16.9 Å². The van der Waals surface area contributed by atoms with Crippen LogP contribution in [0.4, 0.5) is 0 Å². The molecule has 3 rings (SSSR count). The zero-order valence-corrected chi connectivity index (χ0v) is 11.8. The third-order valence-electron chi connectivity index (χ3n) is 2.96. The molecule has 0 saturated carbocycles. The molecular formula is C15H12ClNO3. The molecule has 0 atom stereocenters. The number of benzene rings is 1. The lowest BCUT2D eigenvalue weighted by molar-refractivity contribution is -0.127. The number of cyclic esters (lactones) is 1. The molecule has 20 heavy (non-hydrogen) atoms. The van der Waals surface area contributed by atoms with Crippen molar-refractivity contribution in [3.63, 3.8) is 0 Å². The number of nitrogens with zero attached hydrogens (tertiary/aromatic N) is 1. The van der Waals surface area contributed by atoms with Gasteiger partial charge in [-0.25, -0.2) is 9.78 Å². The van der Waals surface area contributed by atoms with Crippen LogP contribution in [-0.4, -0.2) is 16.7 Å². The maximum absolute atomic E-state index is 12.2. The first-order valence-corrected chi connectivity index (χ1v) is 6.51.